The highest BCUT2D eigenvalue weighted by Crippen LogP contribution is 2.16. The molecule has 0 radical (unpaired) electrons. The molecule has 2 aromatic heterocycles. The van der Waals surface area contributed by atoms with E-state index in [0.29, 0.717) is 13.8 Å². The molecule has 0 fully saturated rings. The van der Waals surface area contributed by atoms with Gasteiger partial charge in [-0.05, 0) is 50.7 Å². The first-order valence-electron chi connectivity index (χ1n) is 3.17. The second-order valence-electron chi connectivity index (χ2n) is 2.26. The number of nitrogens with zero attached hydrogens (tertiary/aromatic N) is 2. The van der Waals surface area contributed by atoms with Gasteiger partial charge in [-0.2, -0.15) is 4.39 Å². The van der Waals surface area contributed by atoms with Gasteiger partial charge in [0.15, 0.2) is 0 Å². The Kier molecular flexibility index (Phi) is 2.07. The summed E-state index contributed by atoms with van der Waals surface area (Å²) in [5.74, 6) is -0.272. The molecule has 0 N–H and O–H groups in total. The van der Waals surface area contributed by atoms with E-state index < -0.39 is 0 Å². The second kappa shape index (κ2) is 2.95. The SMILES string of the molecule is Fc1c(I)ccc2nc(Br)cn12. The van der Waals surface area contributed by atoms with Crippen molar-refractivity contribution >= 4 is 44.2 Å². The van der Waals surface area contributed by atoms with Gasteiger partial charge in [-0.3, -0.25) is 4.40 Å². The van der Waals surface area contributed by atoms with Gasteiger partial charge < -0.3 is 0 Å². The quantitative estimate of drug-likeness (QED) is 0.532. The topological polar surface area (TPSA) is 17.3 Å². The number of fused-ring (bicyclic) bond motifs is 1. The molecule has 62 valence electrons. The van der Waals surface area contributed by atoms with Crippen LogP contribution < -0.4 is 0 Å². The maximum Gasteiger partial charge on any atom is 0.212 e. The summed E-state index contributed by atoms with van der Waals surface area (Å²) >= 11 is 5.13. The molecule has 2 aromatic rings. The van der Waals surface area contributed by atoms with E-state index in [0.717, 1.165) is 0 Å². The maximum absolute atomic E-state index is 13.3. The van der Waals surface area contributed by atoms with Crippen LogP contribution in [0.15, 0.2) is 22.9 Å². The molecule has 5 heteroatoms. The fourth-order valence-corrected chi connectivity index (χ4v) is 1.80. The fraction of sp³-hybridized carbons (Fsp3) is 0. The molecule has 0 atom stereocenters. The number of pyridine rings is 1. The summed E-state index contributed by atoms with van der Waals surface area (Å²) in [5, 5.41) is 0. The summed E-state index contributed by atoms with van der Waals surface area (Å²) in [6.07, 6.45) is 1.60. The average molecular weight is 341 g/mol. The highest BCUT2D eigenvalue weighted by atomic mass is 127. The molecule has 0 amide bonds. The third-order valence-corrected chi connectivity index (χ3v) is 2.68. The molecular weight excluding hydrogens is 338 g/mol. The van der Waals surface area contributed by atoms with Crippen LogP contribution in [0.2, 0.25) is 0 Å². The minimum absolute atomic E-state index is 0.272. The molecule has 0 spiro atoms. The van der Waals surface area contributed by atoms with Gasteiger partial charge in [0.1, 0.15) is 10.3 Å². The van der Waals surface area contributed by atoms with Crippen LogP contribution in [0.3, 0.4) is 0 Å². The Morgan fingerprint density at radius 1 is 1.50 bits per heavy atom. The van der Waals surface area contributed by atoms with Crippen LogP contribution in [0.5, 0.6) is 0 Å². The zero-order valence-electron chi connectivity index (χ0n) is 5.76. The van der Waals surface area contributed by atoms with Crippen molar-refractivity contribution in [3.05, 3.63) is 32.5 Å². The van der Waals surface area contributed by atoms with Gasteiger partial charge in [0, 0.05) is 6.20 Å². The molecular formula is C7H3BrFIN2. The second-order valence-corrected chi connectivity index (χ2v) is 4.24. The van der Waals surface area contributed by atoms with Crippen LogP contribution in [0, 0.1) is 9.52 Å². The highest BCUT2D eigenvalue weighted by molar-refractivity contribution is 14.1. The van der Waals surface area contributed by atoms with Crippen LogP contribution >= 0.6 is 38.5 Å². The Morgan fingerprint density at radius 3 is 3.00 bits per heavy atom. The molecule has 2 rings (SSSR count). The third-order valence-electron chi connectivity index (χ3n) is 1.49. The normalized spacial score (nSPS) is 10.9. The van der Waals surface area contributed by atoms with E-state index in [1.54, 1.807) is 18.3 Å². The summed E-state index contributed by atoms with van der Waals surface area (Å²) in [4.78, 5) is 4.05. The molecule has 0 saturated carbocycles. The van der Waals surface area contributed by atoms with E-state index in [2.05, 4.69) is 20.9 Å². The molecule has 0 bridgehead atoms. The lowest BCUT2D eigenvalue weighted by molar-refractivity contribution is 0.560. The molecule has 0 unspecified atom stereocenters. The first-order valence-corrected chi connectivity index (χ1v) is 5.04. The predicted octanol–water partition coefficient (Wildman–Crippen LogP) is 2.84. The van der Waals surface area contributed by atoms with Crippen LogP contribution in [0.1, 0.15) is 0 Å². The number of halogens is 3. The van der Waals surface area contributed by atoms with E-state index >= 15 is 0 Å². The van der Waals surface area contributed by atoms with Crippen molar-refractivity contribution in [2.24, 2.45) is 0 Å². The molecule has 0 aliphatic rings. The van der Waals surface area contributed by atoms with E-state index in [9.17, 15) is 4.39 Å². The molecule has 0 saturated heterocycles. The number of hydrogen-bond acceptors (Lipinski definition) is 1. The smallest absolute Gasteiger partial charge is 0.212 e. The van der Waals surface area contributed by atoms with Gasteiger partial charge in [-0.15, -0.1) is 0 Å². The lowest BCUT2D eigenvalue weighted by atomic mass is 10.5. The maximum atomic E-state index is 13.3. The summed E-state index contributed by atoms with van der Waals surface area (Å²) in [6, 6.07) is 3.47. The standard InChI is InChI=1S/C7H3BrFIN2/c8-5-3-12-6(11-5)2-1-4(10)7(12)9/h1-3H. The van der Waals surface area contributed by atoms with Crippen molar-refractivity contribution in [2.75, 3.05) is 0 Å². The van der Waals surface area contributed by atoms with Gasteiger partial charge in [-0.1, -0.05) is 0 Å². The van der Waals surface area contributed by atoms with E-state index in [1.165, 1.54) is 4.40 Å². The Hall–Kier alpha value is -0.170. The van der Waals surface area contributed by atoms with Crippen molar-refractivity contribution in [3.8, 4) is 0 Å². The molecule has 2 nitrogen and oxygen atoms in total. The summed E-state index contributed by atoms with van der Waals surface area (Å²) in [7, 11) is 0. The Morgan fingerprint density at radius 2 is 2.25 bits per heavy atom. The van der Waals surface area contributed by atoms with Crippen molar-refractivity contribution in [3.63, 3.8) is 0 Å². The molecule has 0 aliphatic carbocycles. The fourth-order valence-electron chi connectivity index (χ4n) is 0.971. The summed E-state index contributed by atoms with van der Waals surface area (Å²) < 4.78 is 15.9. The average Bonchev–Trinajstić information content (AvgIpc) is 2.39. The van der Waals surface area contributed by atoms with Gasteiger partial charge in [0.05, 0.1) is 3.57 Å². The third kappa shape index (κ3) is 1.24. The van der Waals surface area contributed by atoms with Crippen LogP contribution in [-0.2, 0) is 0 Å². The minimum Gasteiger partial charge on any atom is -0.274 e. The Bertz CT molecular complexity index is 440. The molecule has 2 heterocycles. The van der Waals surface area contributed by atoms with Crippen molar-refractivity contribution in [1.82, 2.24) is 9.38 Å². The number of imidazole rings is 1. The van der Waals surface area contributed by atoms with Crippen molar-refractivity contribution in [2.45, 2.75) is 0 Å². The lowest BCUT2D eigenvalue weighted by Crippen LogP contribution is -1.93. The van der Waals surface area contributed by atoms with Crippen molar-refractivity contribution in [1.29, 1.82) is 0 Å². The lowest BCUT2D eigenvalue weighted by Gasteiger charge is -1.96. The zero-order chi connectivity index (χ0) is 8.72. The highest BCUT2D eigenvalue weighted by Gasteiger charge is 2.05. The minimum atomic E-state index is -0.272. The van der Waals surface area contributed by atoms with Gasteiger partial charge >= 0.3 is 0 Å². The Labute approximate surface area is 90.1 Å². The zero-order valence-corrected chi connectivity index (χ0v) is 9.50. The molecule has 12 heavy (non-hydrogen) atoms. The predicted molar refractivity (Wildman–Crippen MR) is 55.6 cm³/mol. The largest absolute Gasteiger partial charge is 0.274 e. The molecule has 0 aliphatic heterocycles. The van der Waals surface area contributed by atoms with Gasteiger partial charge in [0.25, 0.3) is 0 Å². The summed E-state index contributed by atoms with van der Waals surface area (Å²) in [5.41, 5.74) is 0.611. The van der Waals surface area contributed by atoms with Gasteiger partial charge in [0.2, 0.25) is 5.95 Å². The van der Waals surface area contributed by atoms with E-state index in [1.807, 2.05) is 22.6 Å². The number of rotatable bonds is 0. The number of aromatic nitrogens is 2. The summed E-state index contributed by atoms with van der Waals surface area (Å²) in [6.45, 7) is 0. The van der Waals surface area contributed by atoms with E-state index in [4.69, 9.17) is 0 Å². The molecule has 0 aromatic carbocycles. The first-order chi connectivity index (χ1) is 5.68. The number of hydrogen-bond donors (Lipinski definition) is 0. The monoisotopic (exact) mass is 340 g/mol. The van der Waals surface area contributed by atoms with E-state index in [-0.39, 0.29) is 5.95 Å². The van der Waals surface area contributed by atoms with Crippen LogP contribution in [0.4, 0.5) is 4.39 Å². The first kappa shape index (κ1) is 8.43. The van der Waals surface area contributed by atoms with Crippen LogP contribution in [0.25, 0.3) is 5.65 Å². The van der Waals surface area contributed by atoms with Crippen LogP contribution in [-0.4, -0.2) is 9.38 Å². The Balaban J connectivity index is 2.89. The van der Waals surface area contributed by atoms with Gasteiger partial charge in [-0.25, -0.2) is 4.98 Å². The van der Waals surface area contributed by atoms with Crippen molar-refractivity contribution < 1.29 is 4.39 Å².